The van der Waals surface area contributed by atoms with Gasteiger partial charge < -0.3 is 21.1 Å². The largest absolute Gasteiger partial charge is 0.495 e. The van der Waals surface area contributed by atoms with E-state index in [1.165, 1.54) is 14.0 Å². The molecule has 1 aromatic carbocycles. The second kappa shape index (κ2) is 12.3. The van der Waals surface area contributed by atoms with E-state index >= 15 is 0 Å². The van der Waals surface area contributed by atoms with Crippen molar-refractivity contribution in [2.24, 2.45) is 17.6 Å². The average Bonchev–Trinajstić information content (AvgIpc) is 2.65. The summed E-state index contributed by atoms with van der Waals surface area (Å²) in [4.78, 5) is 48.7. The molecule has 9 heteroatoms. The predicted octanol–water partition coefficient (Wildman–Crippen LogP) is 2.01. The maximum absolute atomic E-state index is 12.9. The Morgan fingerprint density at radius 1 is 1.06 bits per heavy atom. The highest BCUT2D eigenvalue weighted by molar-refractivity contribution is 6.32. The number of nitrogens with one attached hydrogen (secondary N) is 2. The van der Waals surface area contributed by atoms with Gasteiger partial charge in [-0.3, -0.25) is 19.2 Å². The fourth-order valence-electron chi connectivity index (χ4n) is 3.18. The fourth-order valence-corrected chi connectivity index (χ4v) is 3.46. The van der Waals surface area contributed by atoms with Crippen molar-refractivity contribution in [2.75, 3.05) is 7.11 Å². The van der Waals surface area contributed by atoms with Crippen LogP contribution in [0.25, 0.3) is 0 Å². The van der Waals surface area contributed by atoms with Gasteiger partial charge >= 0.3 is 0 Å². The Hall–Kier alpha value is -2.61. The van der Waals surface area contributed by atoms with Gasteiger partial charge in [-0.2, -0.15) is 0 Å². The second-order valence-electron chi connectivity index (χ2n) is 8.11. The summed E-state index contributed by atoms with van der Waals surface area (Å²) < 4.78 is 5.14. The number of Topliss-reactive ketones (excluding diaryl/α,β-unsaturated/α-hetero) is 1. The standard InChI is InChI=1S/C22H32ClN3O5/c1-12(2)8-13(3)21(29)26-18(10-15-6-7-19(31-5)16(23)9-15)22(30)25-17(14(4)27)11-20(24)28/h6-7,9,12-13,17-18H,8,10-11H2,1-5H3,(H2,24,28)(H,25,30)(H,26,29)/t13-,17+,18-/m1/s1. The highest BCUT2D eigenvalue weighted by Crippen LogP contribution is 2.25. The highest BCUT2D eigenvalue weighted by Gasteiger charge is 2.28. The lowest BCUT2D eigenvalue weighted by Gasteiger charge is -2.24. The molecule has 0 spiro atoms. The van der Waals surface area contributed by atoms with E-state index in [1.807, 2.05) is 13.8 Å². The summed E-state index contributed by atoms with van der Waals surface area (Å²) in [5.74, 6) is -1.48. The van der Waals surface area contributed by atoms with Gasteiger partial charge in [-0.05, 0) is 37.0 Å². The van der Waals surface area contributed by atoms with Gasteiger partial charge in [-0.15, -0.1) is 0 Å². The molecule has 4 N–H and O–H groups in total. The molecule has 0 radical (unpaired) electrons. The minimum absolute atomic E-state index is 0.136. The maximum Gasteiger partial charge on any atom is 0.243 e. The normalized spacial score (nSPS) is 13.8. The van der Waals surface area contributed by atoms with Crippen LogP contribution in [-0.4, -0.2) is 42.7 Å². The van der Waals surface area contributed by atoms with Gasteiger partial charge in [0.15, 0.2) is 5.78 Å². The lowest BCUT2D eigenvalue weighted by Crippen LogP contribution is -2.53. The second-order valence-corrected chi connectivity index (χ2v) is 8.51. The van der Waals surface area contributed by atoms with Crippen LogP contribution < -0.4 is 21.1 Å². The van der Waals surface area contributed by atoms with Crippen LogP contribution in [0.4, 0.5) is 0 Å². The first-order valence-corrected chi connectivity index (χ1v) is 10.5. The molecule has 1 rings (SSSR count). The first-order valence-electron chi connectivity index (χ1n) is 10.2. The van der Waals surface area contributed by atoms with Crippen LogP contribution in [-0.2, 0) is 25.6 Å². The molecule has 8 nitrogen and oxygen atoms in total. The van der Waals surface area contributed by atoms with Gasteiger partial charge in [0.2, 0.25) is 17.7 Å². The summed E-state index contributed by atoms with van der Waals surface area (Å²) in [6.45, 7) is 7.07. The Morgan fingerprint density at radius 3 is 2.16 bits per heavy atom. The first kappa shape index (κ1) is 26.4. The van der Waals surface area contributed by atoms with Crippen molar-refractivity contribution < 1.29 is 23.9 Å². The summed E-state index contributed by atoms with van der Waals surface area (Å²) in [6, 6.07) is 3.02. The number of ether oxygens (including phenoxy) is 1. The van der Waals surface area contributed by atoms with Gasteiger partial charge in [-0.25, -0.2) is 0 Å². The summed E-state index contributed by atoms with van der Waals surface area (Å²) in [6.07, 6.45) is 0.475. The van der Waals surface area contributed by atoms with Crippen molar-refractivity contribution >= 4 is 35.1 Å². The third-order valence-corrected chi connectivity index (χ3v) is 5.07. The Balaban J connectivity index is 3.09. The molecular weight excluding hydrogens is 422 g/mol. The SMILES string of the molecule is COc1ccc(C[C@@H](NC(=O)[C@H](C)CC(C)C)C(=O)N[C@@H](CC(N)=O)C(C)=O)cc1Cl. The van der Waals surface area contributed by atoms with Gasteiger partial charge in [0.1, 0.15) is 11.8 Å². The van der Waals surface area contributed by atoms with Crippen LogP contribution in [0, 0.1) is 11.8 Å². The van der Waals surface area contributed by atoms with Gasteiger partial charge in [0.05, 0.1) is 24.6 Å². The van der Waals surface area contributed by atoms with E-state index in [0.717, 1.165) is 0 Å². The summed E-state index contributed by atoms with van der Waals surface area (Å²) in [7, 11) is 1.49. The van der Waals surface area contributed by atoms with Crippen molar-refractivity contribution in [2.45, 2.75) is 59.0 Å². The zero-order valence-corrected chi connectivity index (χ0v) is 19.4. The fraction of sp³-hybridized carbons (Fsp3) is 0.545. The number of hydrogen-bond acceptors (Lipinski definition) is 5. The quantitative estimate of drug-likeness (QED) is 0.446. The van der Waals surface area contributed by atoms with E-state index in [1.54, 1.807) is 25.1 Å². The van der Waals surface area contributed by atoms with Gasteiger partial charge in [0.25, 0.3) is 0 Å². The predicted molar refractivity (Wildman–Crippen MR) is 119 cm³/mol. The Morgan fingerprint density at radius 2 is 1.68 bits per heavy atom. The van der Waals surface area contributed by atoms with E-state index in [2.05, 4.69) is 10.6 Å². The minimum atomic E-state index is -1.06. The molecule has 0 unspecified atom stereocenters. The molecule has 172 valence electrons. The minimum Gasteiger partial charge on any atom is -0.495 e. The highest BCUT2D eigenvalue weighted by atomic mass is 35.5. The lowest BCUT2D eigenvalue weighted by atomic mass is 9.97. The molecule has 0 fully saturated rings. The molecule has 3 amide bonds. The number of amides is 3. The number of methoxy groups -OCH3 is 1. The van der Waals surface area contributed by atoms with Crippen LogP contribution in [0.5, 0.6) is 5.75 Å². The van der Waals surface area contributed by atoms with Gasteiger partial charge in [-0.1, -0.05) is 38.4 Å². The molecule has 0 aliphatic rings. The molecule has 1 aromatic rings. The number of carbonyl (C=O) groups is 4. The number of primary amides is 1. The molecule has 0 saturated carbocycles. The Labute approximate surface area is 188 Å². The molecule has 0 aromatic heterocycles. The van der Waals surface area contributed by atoms with Crippen LogP contribution >= 0.6 is 11.6 Å². The molecule has 0 heterocycles. The first-order chi connectivity index (χ1) is 14.4. The van der Waals surface area contributed by atoms with Crippen LogP contribution in [0.3, 0.4) is 0 Å². The van der Waals surface area contributed by atoms with E-state index in [4.69, 9.17) is 22.1 Å². The van der Waals surface area contributed by atoms with Crippen molar-refractivity contribution in [3.8, 4) is 5.75 Å². The van der Waals surface area contributed by atoms with E-state index in [0.29, 0.717) is 28.7 Å². The number of halogens is 1. The summed E-state index contributed by atoms with van der Waals surface area (Å²) in [5, 5.41) is 5.66. The third-order valence-electron chi connectivity index (χ3n) is 4.77. The number of benzene rings is 1. The van der Waals surface area contributed by atoms with Crippen LogP contribution in [0.2, 0.25) is 5.02 Å². The van der Waals surface area contributed by atoms with Crippen molar-refractivity contribution in [3.63, 3.8) is 0 Å². The number of rotatable bonds is 12. The maximum atomic E-state index is 12.9. The lowest BCUT2D eigenvalue weighted by molar-refractivity contribution is -0.133. The topological polar surface area (TPSA) is 128 Å². The molecule has 0 saturated heterocycles. The molecule has 31 heavy (non-hydrogen) atoms. The van der Waals surface area contributed by atoms with Crippen LogP contribution in [0.15, 0.2) is 18.2 Å². The van der Waals surface area contributed by atoms with Crippen molar-refractivity contribution in [3.05, 3.63) is 28.8 Å². The third kappa shape index (κ3) is 8.96. The average molecular weight is 454 g/mol. The van der Waals surface area contributed by atoms with Crippen LogP contribution in [0.1, 0.15) is 46.1 Å². The molecule has 0 aliphatic heterocycles. The smallest absolute Gasteiger partial charge is 0.243 e. The molecule has 0 bridgehead atoms. The van der Waals surface area contributed by atoms with Gasteiger partial charge in [0, 0.05) is 12.3 Å². The zero-order chi connectivity index (χ0) is 23.7. The summed E-state index contributed by atoms with van der Waals surface area (Å²) >= 11 is 6.18. The molecule has 3 atom stereocenters. The van der Waals surface area contributed by atoms with Crippen molar-refractivity contribution in [1.82, 2.24) is 10.6 Å². The monoisotopic (exact) mass is 453 g/mol. The Kier molecular flexibility index (Phi) is 10.5. The van der Waals surface area contributed by atoms with E-state index in [9.17, 15) is 19.2 Å². The number of ketones is 1. The van der Waals surface area contributed by atoms with E-state index < -0.39 is 29.7 Å². The Bertz CT molecular complexity index is 812. The molecule has 0 aliphatic carbocycles. The molecular formula is C22H32ClN3O5. The van der Waals surface area contributed by atoms with Crippen molar-refractivity contribution in [1.29, 1.82) is 0 Å². The number of nitrogens with two attached hydrogens (primary N) is 1. The number of hydrogen-bond donors (Lipinski definition) is 3. The van der Waals surface area contributed by atoms with E-state index in [-0.39, 0.29) is 24.7 Å². The zero-order valence-electron chi connectivity index (χ0n) is 18.7. The number of carbonyl (C=O) groups excluding carboxylic acids is 4. The summed E-state index contributed by atoms with van der Waals surface area (Å²) in [5.41, 5.74) is 5.87.